The minimum absolute atomic E-state index is 0.0596. The second-order valence-electron chi connectivity index (χ2n) is 5.09. The second-order valence-corrected chi connectivity index (χ2v) is 5.09. The van der Waals surface area contributed by atoms with Crippen molar-refractivity contribution in [3.05, 3.63) is 59.7 Å². The van der Waals surface area contributed by atoms with E-state index in [2.05, 4.69) is 5.32 Å². The van der Waals surface area contributed by atoms with Crippen molar-refractivity contribution in [2.24, 2.45) is 0 Å². The lowest BCUT2D eigenvalue weighted by atomic mass is 10.2. The van der Waals surface area contributed by atoms with Crippen LogP contribution in [0.3, 0.4) is 0 Å². The summed E-state index contributed by atoms with van der Waals surface area (Å²) in [5.41, 5.74) is -0.314. The molecule has 0 atom stereocenters. The van der Waals surface area contributed by atoms with Gasteiger partial charge >= 0.3 is 6.18 Å². The number of nitrogens with one attached hydrogen (secondary N) is 1. The van der Waals surface area contributed by atoms with Crippen molar-refractivity contribution in [2.45, 2.75) is 13.1 Å². The van der Waals surface area contributed by atoms with E-state index < -0.39 is 11.7 Å². The molecule has 0 saturated carbocycles. The molecule has 0 spiro atoms. The Hall–Kier alpha value is -2.70. The van der Waals surface area contributed by atoms with E-state index in [1.165, 1.54) is 12.1 Å². The van der Waals surface area contributed by atoms with E-state index in [0.717, 1.165) is 12.1 Å². The fraction of sp³-hybridized carbons (Fsp3) is 0.278. The van der Waals surface area contributed by atoms with E-state index in [4.69, 9.17) is 9.47 Å². The molecule has 4 nitrogen and oxygen atoms in total. The van der Waals surface area contributed by atoms with Crippen LogP contribution < -0.4 is 14.8 Å². The highest BCUT2D eigenvalue weighted by molar-refractivity contribution is 5.94. The number of alkyl halides is 3. The largest absolute Gasteiger partial charge is 0.494 e. The summed E-state index contributed by atoms with van der Waals surface area (Å²) >= 11 is 0. The summed E-state index contributed by atoms with van der Waals surface area (Å²) < 4.78 is 48.3. The molecule has 0 bridgehead atoms. The van der Waals surface area contributed by atoms with Crippen LogP contribution in [0.25, 0.3) is 0 Å². The van der Waals surface area contributed by atoms with Crippen LogP contribution >= 0.6 is 0 Å². The number of carbonyl (C=O) groups excluding carboxylic acids is 1. The molecule has 0 radical (unpaired) electrons. The third-order valence-electron chi connectivity index (χ3n) is 3.25. The average Bonchev–Trinajstić information content (AvgIpc) is 2.59. The van der Waals surface area contributed by atoms with E-state index in [9.17, 15) is 18.0 Å². The molecule has 0 aliphatic heterocycles. The highest BCUT2D eigenvalue weighted by Gasteiger charge is 2.30. The lowest BCUT2D eigenvalue weighted by Gasteiger charge is -2.11. The average molecular weight is 353 g/mol. The molecule has 2 rings (SSSR count). The van der Waals surface area contributed by atoms with Crippen LogP contribution in [0.2, 0.25) is 0 Å². The second kappa shape index (κ2) is 8.41. The summed E-state index contributed by atoms with van der Waals surface area (Å²) in [4.78, 5) is 12.0. The van der Waals surface area contributed by atoms with Crippen LogP contribution in [0.4, 0.5) is 13.2 Å². The first-order valence-electron chi connectivity index (χ1n) is 7.71. The van der Waals surface area contributed by atoms with Gasteiger partial charge in [0.1, 0.15) is 18.1 Å². The molecule has 0 aromatic heterocycles. The monoisotopic (exact) mass is 353 g/mol. The van der Waals surface area contributed by atoms with Gasteiger partial charge < -0.3 is 14.8 Å². The van der Waals surface area contributed by atoms with Crippen molar-refractivity contribution in [3.8, 4) is 11.5 Å². The van der Waals surface area contributed by atoms with Crippen LogP contribution in [0.15, 0.2) is 48.5 Å². The van der Waals surface area contributed by atoms with Crippen molar-refractivity contribution in [1.29, 1.82) is 0 Å². The molecule has 0 heterocycles. The lowest BCUT2D eigenvalue weighted by molar-refractivity contribution is -0.137. The van der Waals surface area contributed by atoms with Crippen LogP contribution in [0, 0.1) is 0 Å². The summed E-state index contributed by atoms with van der Waals surface area (Å²) in [5, 5.41) is 2.64. The van der Waals surface area contributed by atoms with Crippen molar-refractivity contribution in [2.75, 3.05) is 19.8 Å². The first-order chi connectivity index (χ1) is 11.9. The molecular weight excluding hydrogens is 335 g/mol. The van der Waals surface area contributed by atoms with Gasteiger partial charge in [0.2, 0.25) is 0 Å². The Bertz CT molecular complexity index is 699. The summed E-state index contributed by atoms with van der Waals surface area (Å²) in [7, 11) is 0. The molecule has 0 aliphatic carbocycles. The summed E-state index contributed by atoms with van der Waals surface area (Å²) in [5.74, 6) is 0.479. The highest BCUT2D eigenvalue weighted by atomic mass is 19.4. The molecule has 0 saturated heterocycles. The standard InChI is InChI=1S/C18H18F3NO3/c1-2-24-15-8-6-13(7-9-15)17(23)22-10-11-25-16-5-3-4-14(12-16)18(19,20)21/h3-9,12H,2,10-11H2,1H3,(H,22,23). The van der Waals surface area contributed by atoms with Gasteiger partial charge in [-0.3, -0.25) is 4.79 Å². The van der Waals surface area contributed by atoms with Gasteiger partial charge in [0.15, 0.2) is 0 Å². The number of benzene rings is 2. The zero-order valence-electron chi connectivity index (χ0n) is 13.6. The van der Waals surface area contributed by atoms with Crippen molar-refractivity contribution >= 4 is 5.91 Å². The molecule has 7 heteroatoms. The minimum Gasteiger partial charge on any atom is -0.494 e. The Labute approximate surface area is 143 Å². The van der Waals surface area contributed by atoms with Gasteiger partial charge in [-0.05, 0) is 49.4 Å². The third kappa shape index (κ3) is 5.70. The Morgan fingerprint density at radius 2 is 1.76 bits per heavy atom. The summed E-state index contributed by atoms with van der Waals surface area (Å²) in [6.07, 6.45) is -4.42. The lowest BCUT2D eigenvalue weighted by Crippen LogP contribution is -2.28. The van der Waals surface area contributed by atoms with Gasteiger partial charge in [-0.25, -0.2) is 0 Å². The molecule has 1 N–H and O–H groups in total. The predicted octanol–water partition coefficient (Wildman–Crippen LogP) is 3.91. The zero-order valence-corrected chi connectivity index (χ0v) is 13.6. The van der Waals surface area contributed by atoms with Crippen LogP contribution in [0.5, 0.6) is 11.5 Å². The van der Waals surface area contributed by atoms with Crippen LogP contribution in [-0.2, 0) is 6.18 Å². The Balaban J connectivity index is 1.80. The van der Waals surface area contributed by atoms with Gasteiger partial charge in [0.05, 0.1) is 18.7 Å². The molecule has 0 fully saturated rings. The zero-order chi connectivity index (χ0) is 18.3. The van der Waals surface area contributed by atoms with Gasteiger partial charge in [0.25, 0.3) is 5.91 Å². The normalized spacial score (nSPS) is 11.0. The summed E-state index contributed by atoms with van der Waals surface area (Å²) in [6.45, 7) is 2.63. The molecule has 1 amide bonds. The molecule has 2 aromatic rings. The predicted molar refractivity (Wildman–Crippen MR) is 86.9 cm³/mol. The van der Waals surface area contributed by atoms with E-state index in [1.807, 2.05) is 6.92 Å². The first kappa shape index (κ1) is 18.6. The third-order valence-corrected chi connectivity index (χ3v) is 3.25. The number of rotatable bonds is 7. The number of amides is 1. The number of halogens is 3. The number of ether oxygens (including phenoxy) is 2. The van der Waals surface area contributed by atoms with Crippen LogP contribution in [-0.4, -0.2) is 25.7 Å². The fourth-order valence-corrected chi connectivity index (χ4v) is 2.07. The maximum Gasteiger partial charge on any atom is 0.416 e. The van der Waals surface area contributed by atoms with Crippen molar-refractivity contribution in [1.82, 2.24) is 5.32 Å². The molecule has 134 valence electrons. The van der Waals surface area contributed by atoms with Gasteiger partial charge in [-0.15, -0.1) is 0 Å². The van der Waals surface area contributed by atoms with Crippen molar-refractivity contribution in [3.63, 3.8) is 0 Å². The Morgan fingerprint density at radius 1 is 1.04 bits per heavy atom. The van der Waals surface area contributed by atoms with Crippen molar-refractivity contribution < 1.29 is 27.4 Å². The smallest absolute Gasteiger partial charge is 0.416 e. The number of hydrogen-bond acceptors (Lipinski definition) is 3. The molecule has 0 unspecified atom stereocenters. The molecule has 2 aromatic carbocycles. The fourth-order valence-electron chi connectivity index (χ4n) is 2.07. The minimum atomic E-state index is -4.42. The van der Waals surface area contributed by atoms with E-state index in [-0.39, 0.29) is 24.8 Å². The van der Waals surface area contributed by atoms with Gasteiger partial charge in [-0.1, -0.05) is 6.07 Å². The Kier molecular flexibility index (Phi) is 6.27. The van der Waals surface area contributed by atoms with Gasteiger partial charge in [0, 0.05) is 5.56 Å². The number of carbonyl (C=O) groups is 1. The maximum absolute atomic E-state index is 12.6. The summed E-state index contributed by atoms with van der Waals surface area (Å²) in [6, 6.07) is 11.3. The van der Waals surface area contributed by atoms with E-state index in [0.29, 0.717) is 17.9 Å². The Morgan fingerprint density at radius 3 is 2.40 bits per heavy atom. The topological polar surface area (TPSA) is 47.6 Å². The molecular formula is C18H18F3NO3. The SMILES string of the molecule is CCOc1ccc(C(=O)NCCOc2cccc(C(F)(F)F)c2)cc1. The number of hydrogen-bond donors (Lipinski definition) is 1. The van der Waals surface area contributed by atoms with E-state index in [1.54, 1.807) is 24.3 Å². The molecule has 25 heavy (non-hydrogen) atoms. The highest BCUT2D eigenvalue weighted by Crippen LogP contribution is 2.31. The van der Waals surface area contributed by atoms with Gasteiger partial charge in [-0.2, -0.15) is 13.2 Å². The molecule has 0 aliphatic rings. The first-order valence-corrected chi connectivity index (χ1v) is 7.71. The quantitative estimate of drug-likeness (QED) is 0.768. The van der Waals surface area contributed by atoms with Crippen LogP contribution in [0.1, 0.15) is 22.8 Å². The van der Waals surface area contributed by atoms with E-state index >= 15 is 0 Å². The maximum atomic E-state index is 12.6.